The number of nitrogens with one attached hydrogen (secondary N) is 1. The average Bonchev–Trinajstić information content (AvgIpc) is 3.02. The lowest BCUT2D eigenvalue weighted by molar-refractivity contribution is -0.126. The second-order valence-electron chi connectivity index (χ2n) is 11.3. The van der Waals surface area contributed by atoms with Crippen molar-refractivity contribution in [1.82, 2.24) is 19.8 Å². The zero-order valence-corrected chi connectivity index (χ0v) is 26.2. The van der Waals surface area contributed by atoms with Crippen LogP contribution in [-0.2, 0) is 4.79 Å². The van der Waals surface area contributed by atoms with Crippen LogP contribution in [0.4, 0.5) is 18.9 Å². The molecule has 0 spiro atoms. The summed E-state index contributed by atoms with van der Waals surface area (Å²) in [7, 11) is 0. The normalized spacial score (nSPS) is 22.4. The van der Waals surface area contributed by atoms with Gasteiger partial charge in [-0.1, -0.05) is 32.0 Å². The van der Waals surface area contributed by atoms with Crippen LogP contribution in [0.5, 0.6) is 0 Å². The highest BCUT2D eigenvalue weighted by Crippen LogP contribution is 2.43. The van der Waals surface area contributed by atoms with Gasteiger partial charge in [0, 0.05) is 37.3 Å². The van der Waals surface area contributed by atoms with Crippen LogP contribution in [0.2, 0.25) is 5.02 Å². The number of fused-ring (bicyclic) bond motifs is 1. The molecule has 5 rings (SSSR count). The Balaban J connectivity index is 1.87. The molecular formula is C31H30Cl2F3N7O2. The number of allylic oxidation sites excluding steroid dienone is 6. The number of hydrogen-bond acceptors (Lipinski definition) is 7. The molecule has 0 aromatic carbocycles. The number of nitrogens with zero attached hydrogens (tertiary/aromatic N) is 5. The summed E-state index contributed by atoms with van der Waals surface area (Å²) in [5, 5.41) is 12.0. The number of nitriles is 1. The Labute approximate surface area is 267 Å². The number of alkyl halides is 2. The number of aromatic nitrogens is 2. The van der Waals surface area contributed by atoms with Crippen molar-refractivity contribution >= 4 is 57.1 Å². The zero-order chi connectivity index (χ0) is 32.9. The molecule has 45 heavy (non-hydrogen) atoms. The maximum Gasteiger partial charge on any atom is 0.276 e. The lowest BCUT2D eigenvalue weighted by Crippen LogP contribution is -2.49. The first-order valence-corrected chi connectivity index (χ1v) is 15.0. The smallest absolute Gasteiger partial charge is 0.276 e. The van der Waals surface area contributed by atoms with Crippen molar-refractivity contribution in [2.24, 2.45) is 11.7 Å². The molecule has 2 aromatic rings. The molecule has 1 saturated heterocycles. The number of nitrogens with two attached hydrogens (primary N) is 1. The standard InChI is InChI=1S/C31H30Cl2F3N7O2/c1-5-19(44)41-8-10-42(11-9-41)29-16-12-18(32)27(20-22(34)24(36)23(35)21(33)25(20)38)40-30(16)43(31(45)17(29)13-37)28-15(4)6-7-39-26(28)14(2)3/h5-7,12,14,21,23,26,39H,1,8-11,38H2,2-4H3/t21-,23?,26-/m1/s1. The van der Waals surface area contributed by atoms with Gasteiger partial charge in [-0.25, -0.2) is 18.2 Å². The molecule has 2 aromatic heterocycles. The molecule has 1 amide bonds. The van der Waals surface area contributed by atoms with Gasteiger partial charge in [-0.2, -0.15) is 5.26 Å². The van der Waals surface area contributed by atoms with Crippen molar-refractivity contribution in [2.75, 3.05) is 31.1 Å². The number of carbonyl (C=O) groups is 1. The molecule has 4 heterocycles. The van der Waals surface area contributed by atoms with Gasteiger partial charge in [0.15, 0.2) is 17.8 Å². The lowest BCUT2D eigenvalue weighted by Gasteiger charge is -2.37. The maximum atomic E-state index is 15.3. The van der Waals surface area contributed by atoms with E-state index in [1.165, 1.54) is 16.7 Å². The average molecular weight is 661 g/mol. The Morgan fingerprint density at radius 2 is 1.96 bits per heavy atom. The van der Waals surface area contributed by atoms with Crippen molar-refractivity contribution in [3.8, 4) is 6.07 Å². The minimum atomic E-state index is -2.51. The number of hydrogen-bond donors (Lipinski definition) is 2. The van der Waals surface area contributed by atoms with E-state index >= 15 is 4.39 Å². The summed E-state index contributed by atoms with van der Waals surface area (Å²) in [5.41, 5.74) is 5.04. The van der Waals surface area contributed by atoms with E-state index < -0.39 is 46.1 Å². The van der Waals surface area contributed by atoms with E-state index in [2.05, 4.69) is 22.9 Å². The van der Waals surface area contributed by atoms with Crippen molar-refractivity contribution < 1.29 is 18.0 Å². The molecule has 0 saturated carbocycles. The van der Waals surface area contributed by atoms with Crippen LogP contribution in [0, 0.1) is 17.2 Å². The van der Waals surface area contributed by atoms with Crippen molar-refractivity contribution in [1.29, 1.82) is 5.26 Å². The largest absolute Gasteiger partial charge is 0.400 e. The van der Waals surface area contributed by atoms with Crippen LogP contribution in [0.3, 0.4) is 0 Å². The number of rotatable bonds is 5. The highest BCUT2D eigenvalue weighted by atomic mass is 35.5. The molecule has 1 fully saturated rings. The predicted octanol–water partition coefficient (Wildman–Crippen LogP) is 4.91. The van der Waals surface area contributed by atoms with Crippen molar-refractivity contribution in [3.63, 3.8) is 0 Å². The van der Waals surface area contributed by atoms with Crippen molar-refractivity contribution in [2.45, 2.75) is 38.4 Å². The first-order valence-electron chi connectivity index (χ1n) is 14.2. The van der Waals surface area contributed by atoms with Gasteiger partial charge >= 0.3 is 0 Å². The minimum Gasteiger partial charge on any atom is -0.400 e. The minimum absolute atomic E-state index is 0.0166. The lowest BCUT2D eigenvalue weighted by atomic mass is 9.94. The van der Waals surface area contributed by atoms with Gasteiger partial charge < -0.3 is 20.9 Å². The van der Waals surface area contributed by atoms with E-state index in [0.717, 1.165) is 0 Å². The molecule has 14 heteroatoms. The van der Waals surface area contributed by atoms with Gasteiger partial charge in [0.2, 0.25) is 5.91 Å². The summed E-state index contributed by atoms with van der Waals surface area (Å²) in [6.45, 7) is 10.3. The molecule has 236 valence electrons. The van der Waals surface area contributed by atoms with E-state index in [1.54, 1.807) is 29.0 Å². The zero-order valence-electron chi connectivity index (χ0n) is 24.7. The maximum absolute atomic E-state index is 15.3. The number of carbonyl (C=O) groups excluding carboxylic acids is 1. The Kier molecular flexibility index (Phi) is 8.79. The van der Waals surface area contributed by atoms with Gasteiger partial charge in [-0.15, -0.1) is 11.6 Å². The summed E-state index contributed by atoms with van der Waals surface area (Å²) in [6.07, 6.45) is 2.22. The Morgan fingerprint density at radius 1 is 1.29 bits per heavy atom. The Hall–Kier alpha value is -4.21. The fourth-order valence-electron chi connectivity index (χ4n) is 5.92. The third kappa shape index (κ3) is 5.27. The molecule has 1 unspecified atom stereocenters. The monoisotopic (exact) mass is 659 g/mol. The molecular weight excluding hydrogens is 630 g/mol. The van der Waals surface area contributed by atoms with E-state index in [0.29, 0.717) is 11.3 Å². The van der Waals surface area contributed by atoms with Crippen LogP contribution >= 0.6 is 23.2 Å². The molecule has 2 aliphatic heterocycles. The molecule has 0 radical (unpaired) electrons. The van der Waals surface area contributed by atoms with E-state index in [1.807, 2.05) is 13.8 Å². The highest BCUT2D eigenvalue weighted by Gasteiger charge is 2.39. The number of piperazine rings is 1. The van der Waals surface area contributed by atoms with Crippen molar-refractivity contribution in [3.05, 3.63) is 80.6 Å². The predicted molar refractivity (Wildman–Crippen MR) is 169 cm³/mol. The highest BCUT2D eigenvalue weighted by molar-refractivity contribution is 6.33. The SMILES string of the molecule is C=CC(=O)N1CCN(c2c(C#N)c(=O)n(C3=C(C)C=CN[C@@H]3C(C)C)c3nc(C4=C(N)[C@H](Cl)C(F)C(F)=C4F)c(Cl)cc23)CC1. The number of pyridine rings is 2. The quantitative estimate of drug-likeness (QED) is 0.346. The summed E-state index contributed by atoms with van der Waals surface area (Å²) in [6, 6.07) is 3.05. The van der Waals surface area contributed by atoms with E-state index in [9.17, 15) is 23.6 Å². The number of halogens is 5. The van der Waals surface area contributed by atoms with E-state index in [-0.39, 0.29) is 71.0 Å². The Bertz CT molecular complexity index is 1850. The van der Waals surface area contributed by atoms with Gasteiger partial charge in [0.05, 0.1) is 33.7 Å². The third-order valence-electron chi connectivity index (χ3n) is 8.24. The van der Waals surface area contributed by atoms with Gasteiger partial charge in [-0.3, -0.25) is 14.2 Å². The first kappa shape index (κ1) is 32.2. The van der Waals surface area contributed by atoms with Crippen LogP contribution in [0.1, 0.15) is 32.0 Å². The number of dihydropyridines is 1. The fraction of sp³-hybridized carbons (Fsp3) is 0.355. The van der Waals surface area contributed by atoms with E-state index in [4.69, 9.17) is 28.9 Å². The summed E-state index contributed by atoms with van der Waals surface area (Å²) < 4.78 is 45.6. The molecule has 9 nitrogen and oxygen atoms in total. The second kappa shape index (κ2) is 12.3. The summed E-state index contributed by atoms with van der Waals surface area (Å²) in [4.78, 5) is 34.6. The van der Waals surface area contributed by atoms with Gasteiger partial charge in [-0.05, 0) is 42.8 Å². The second-order valence-corrected chi connectivity index (χ2v) is 12.1. The number of anilines is 1. The van der Waals surface area contributed by atoms with Gasteiger partial charge in [0.25, 0.3) is 5.56 Å². The molecule has 3 aliphatic rings. The molecule has 0 bridgehead atoms. The Morgan fingerprint density at radius 3 is 2.56 bits per heavy atom. The third-order valence-corrected chi connectivity index (χ3v) is 8.98. The summed E-state index contributed by atoms with van der Waals surface area (Å²) >= 11 is 12.7. The van der Waals surface area contributed by atoms with Crippen LogP contribution < -0.4 is 21.5 Å². The van der Waals surface area contributed by atoms with Gasteiger partial charge in [0.1, 0.15) is 22.7 Å². The number of amides is 1. The fourth-order valence-corrected chi connectivity index (χ4v) is 6.38. The summed E-state index contributed by atoms with van der Waals surface area (Å²) in [5.74, 6) is -3.64. The van der Waals surface area contributed by atoms with Crippen LogP contribution in [0.15, 0.2) is 58.7 Å². The van der Waals surface area contributed by atoms with Crippen LogP contribution in [0.25, 0.3) is 22.3 Å². The topological polar surface area (TPSA) is 120 Å². The first-order chi connectivity index (χ1) is 21.3. The molecule has 3 atom stereocenters. The molecule has 3 N–H and O–H groups in total. The van der Waals surface area contributed by atoms with Crippen LogP contribution in [-0.4, -0.2) is 64.1 Å². The molecule has 1 aliphatic carbocycles.